The van der Waals surface area contributed by atoms with E-state index < -0.39 is 5.97 Å². The van der Waals surface area contributed by atoms with Gasteiger partial charge in [0.25, 0.3) is 5.56 Å². The molecule has 0 saturated carbocycles. The average Bonchev–Trinajstić information content (AvgIpc) is 2.77. The van der Waals surface area contributed by atoms with Crippen molar-refractivity contribution in [2.45, 2.75) is 46.1 Å². The fraction of sp³-hybridized carbons (Fsp3) is 0.333. The lowest BCUT2D eigenvalue weighted by molar-refractivity contribution is -0.149. The van der Waals surface area contributed by atoms with E-state index in [1.54, 1.807) is 50.4 Å². The number of halogens is 1. The van der Waals surface area contributed by atoms with Crippen molar-refractivity contribution in [3.8, 4) is 5.75 Å². The molecule has 0 saturated heterocycles. The third kappa shape index (κ3) is 5.82. The van der Waals surface area contributed by atoms with Gasteiger partial charge in [0.05, 0.1) is 23.2 Å². The lowest BCUT2D eigenvalue weighted by atomic mass is 10.1. The molecule has 0 spiro atoms. The molecule has 32 heavy (non-hydrogen) atoms. The number of carbonyl (C=O) groups excluding carboxylic acids is 1. The smallest absolute Gasteiger partial charge is 0.344 e. The summed E-state index contributed by atoms with van der Waals surface area (Å²) in [7, 11) is 0. The van der Waals surface area contributed by atoms with E-state index in [0.717, 1.165) is 16.5 Å². The summed E-state index contributed by atoms with van der Waals surface area (Å²) in [5, 5.41) is 4.95. The van der Waals surface area contributed by atoms with Crippen molar-refractivity contribution < 1.29 is 14.3 Å². The molecule has 1 atom stereocenters. The second-order valence-electron chi connectivity index (χ2n) is 7.70. The molecule has 0 unspecified atom stereocenters. The second-order valence-corrected chi connectivity index (χ2v) is 8.61. The maximum absolute atomic E-state index is 13.1. The predicted octanol–water partition coefficient (Wildman–Crippen LogP) is 4.89. The highest BCUT2D eigenvalue weighted by Crippen LogP contribution is 2.21. The molecule has 7 nitrogen and oxygen atoms in total. The summed E-state index contributed by atoms with van der Waals surface area (Å²) in [4.78, 5) is 29.4. The van der Waals surface area contributed by atoms with Crippen LogP contribution >= 0.6 is 15.9 Å². The van der Waals surface area contributed by atoms with Crippen LogP contribution in [0.4, 0.5) is 0 Å². The SMILES string of the molecule is CC[C@H](C)c1nc2ccc(Br)cc2c(=O)n1N=Cc1ccc(OCC(=O)OC(C)C)cc1. The summed E-state index contributed by atoms with van der Waals surface area (Å²) in [6, 6.07) is 12.5. The van der Waals surface area contributed by atoms with Crippen LogP contribution in [0, 0.1) is 0 Å². The zero-order valence-electron chi connectivity index (χ0n) is 18.5. The molecule has 0 aliphatic rings. The van der Waals surface area contributed by atoms with Gasteiger partial charge in [0.2, 0.25) is 0 Å². The van der Waals surface area contributed by atoms with Crippen molar-refractivity contribution in [3.05, 3.63) is 68.7 Å². The lowest BCUT2D eigenvalue weighted by Gasteiger charge is -2.14. The number of benzene rings is 2. The molecule has 1 heterocycles. The Morgan fingerprint density at radius 2 is 1.91 bits per heavy atom. The standard InChI is InChI=1S/C24H26BrN3O4/c1-5-16(4)23-27-21-11-8-18(25)12-20(21)24(30)28(23)26-13-17-6-9-19(10-7-17)31-14-22(29)32-15(2)3/h6-13,15-16H,5,14H2,1-4H3/t16-/m0/s1. The Morgan fingerprint density at radius 3 is 2.56 bits per heavy atom. The monoisotopic (exact) mass is 499 g/mol. The molecule has 2 aromatic carbocycles. The minimum Gasteiger partial charge on any atom is -0.482 e. The van der Waals surface area contributed by atoms with Crippen LogP contribution in [0.1, 0.15) is 51.4 Å². The summed E-state index contributed by atoms with van der Waals surface area (Å²) in [5.74, 6) is 0.803. The highest BCUT2D eigenvalue weighted by atomic mass is 79.9. The van der Waals surface area contributed by atoms with Crippen LogP contribution in [-0.4, -0.2) is 34.6 Å². The molecule has 168 valence electrons. The topological polar surface area (TPSA) is 82.8 Å². The highest BCUT2D eigenvalue weighted by Gasteiger charge is 2.15. The Labute approximate surface area is 195 Å². The van der Waals surface area contributed by atoms with Crippen LogP contribution < -0.4 is 10.3 Å². The summed E-state index contributed by atoms with van der Waals surface area (Å²) >= 11 is 3.41. The molecule has 0 aliphatic carbocycles. The second kappa shape index (κ2) is 10.5. The highest BCUT2D eigenvalue weighted by molar-refractivity contribution is 9.10. The van der Waals surface area contributed by atoms with E-state index in [1.165, 1.54) is 4.68 Å². The number of carbonyl (C=O) groups is 1. The molecule has 0 aliphatic heterocycles. The predicted molar refractivity (Wildman–Crippen MR) is 129 cm³/mol. The zero-order chi connectivity index (χ0) is 23.3. The van der Waals surface area contributed by atoms with Gasteiger partial charge in [-0.1, -0.05) is 29.8 Å². The molecular formula is C24H26BrN3O4. The minimum atomic E-state index is -0.418. The number of nitrogens with zero attached hydrogens (tertiary/aromatic N) is 3. The van der Waals surface area contributed by atoms with E-state index in [0.29, 0.717) is 22.5 Å². The molecule has 0 bridgehead atoms. The molecule has 0 N–H and O–H groups in total. The van der Waals surface area contributed by atoms with Crippen LogP contribution in [0.3, 0.4) is 0 Å². The number of hydrogen-bond donors (Lipinski definition) is 0. The van der Waals surface area contributed by atoms with E-state index in [9.17, 15) is 9.59 Å². The van der Waals surface area contributed by atoms with Crippen LogP contribution in [0.2, 0.25) is 0 Å². The summed E-state index contributed by atoms with van der Waals surface area (Å²) in [6.07, 6.45) is 2.25. The summed E-state index contributed by atoms with van der Waals surface area (Å²) < 4.78 is 12.7. The quantitative estimate of drug-likeness (QED) is 0.325. The largest absolute Gasteiger partial charge is 0.482 e. The first-order chi connectivity index (χ1) is 15.3. The van der Waals surface area contributed by atoms with E-state index in [2.05, 4.69) is 21.0 Å². The van der Waals surface area contributed by atoms with Crippen molar-refractivity contribution in [1.82, 2.24) is 9.66 Å². The first-order valence-corrected chi connectivity index (χ1v) is 11.3. The Morgan fingerprint density at radius 1 is 1.19 bits per heavy atom. The van der Waals surface area contributed by atoms with Gasteiger partial charge < -0.3 is 9.47 Å². The van der Waals surface area contributed by atoms with E-state index in [1.807, 2.05) is 26.0 Å². The first-order valence-electron chi connectivity index (χ1n) is 10.5. The van der Waals surface area contributed by atoms with Crippen LogP contribution in [0.25, 0.3) is 10.9 Å². The Hall–Kier alpha value is -3.00. The van der Waals surface area contributed by atoms with Gasteiger partial charge in [-0.25, -0.2) is 9.78 Å². The molecule has 1 aromatic heterocycles. The third-order valence-corrected chi connectivity index (χ3v) is 5.31. The summed E-state index contributed by atoms with van der Waals surface area (Å²) in [5.41, 5.74) is 1.21. The average molecular weight is 500 g/mol. The Kier molecular flexibility index (Phi) is 7.80. The first kappa shape index (κ1) is 23.7. The minimum absolute atomic E-state index is 0.0641. The van der Waals surface area contributed by atoms with Crippen molar-refractivity contribution >= 4 is 39.0 Å². The van der Waals surface area contributed by atoms with Gasteiger partial charge in [0, 0.05) is 10.4 Å². The molecule has 0 fully saturated rings. The van der Waals surface area contributed by atoms with Gasteiger partial charge in [-0.2, -0.15) is 9.78 Å². The van der Waals surface area contributed by atoms with Gasteiger partial charge in [0.15, 0.2) is 6.61 Å². The van der Waals surface area contributed by atoms with Crippen molar-refractivity contribution in [2.75, 3.05) is 6.61 Å². The number of rotatable bonds is 8. The number of esters is 1. The number of hydrogen-bond acceptors (Lipinski definition) is 6. The van der Waals surface area contributed by atoms with Gasteiger partial charge in [-0.05, 0) is 68.3 Å². The molecule has 3 aromatic rings. The Bertz CT molecular complexity index is 1190. The third-order valence-electron chi connectivity index (χ3n) is 4.81. The van der Waals surface area contributed by atoms with Crippen LogP contribution in [0.5, 0.6) is 5.75 Å². The Balaban J connectivity index is 1.85. The molecular weight excluding hydrogens is 474 g/mol. The van der Waals surface area contributed by atoms with E-state index >= 15 is 0 Å². The van der Waals surface area contributed by atoms with Gasteiger partial charge >= 0.3 is 5.97 Å². The summed E-state index contributed by atoms with van der Waals surface area (Å²) in [6.45, 7) is 7.49. The van der Waals surface area contributed by atoms with Crippen molar-refractivity contribution in [2.24, 2.45) is 5.10 Å². The molecule has 0 radical (unpaired) electrons. The maximum atomic E-state index is 13.1. The number of aromatic nitrogens is 2. The van der Waals surface area contributed by atoms with Crippen molar-refractivity contribution in [3.63, 3.8) is 0 Å². The zero-order valence-corrected chi connectivity index (χ0v) is 20.1. The van der Waals surface area contributed by atoms with Gasteiger partial charge in [-0.15, -0.1) is 0 Å². The maximum Gasteiger partial charge on any atom is 0.344 e. The van der Waals surface area contributed by atoms with Gasteiger partial charge in [0.1, 0.15) is 11.6 Å². The van der Waals surface area contributed by atoms with Crippen LogP contribution in [-0.2, 0) is 9.53 Å². The normalized spacial score (nSPS) is 12.4. The fourth-order valence-electron chi connectivity index (χ4n) is 2.99. The lowest BCUT2D eigenvalue weighted by Crippen LogP contribution is -2.23. The number of fused-ring (bicyclic) bond motifs is 1. The van der Waals surface area contributed by atoms with E-state index in [-0.39, 0.29) is 24.2 Å². The van der Waals surface area contributed by atoms with Gasteiger partial charge in [-0.3, -0.25) is 4.79 Å². The number of ether oxygens (including phenoxy) is 2. The van der Waals surface area contributed by atoms with Crippen molar-refractivity contribution in [1.29, 1.82) is 0 Å². The molecule has 0 amide bonds. The van der Waals surface area contributed by atoms with Crippen LogP contribution in [0.15, 0.2) is 56.8 Å². The molecule has 3 rings (SSSR count). The molecule has 8 heteroatoms. The fourth-order valence-corrected chi connectivity index (χ4v) is 3.35. The van der Waals surface area contributed by atoms with E-state index in [4.69, 9.17) is 14.5 Å².